The van der Waals surface area contributed by atoms with E-state index in [2.05, 4.69) is 10.2 Å². The highest BCUT2D eigenvalue weighted by molar-refractivity contribution is 5.86. The molecule has 0 aromatic carbocycles. The smallest absolute Gasteiger partial charge is 0.356 e. The minimum Gasteiger partial charge on any atom is -0.476 e. The lowest BCUT2D eigenvalue weighted by atomic mass is 10.4. The van der Waals surface area contributed by atoms with Crippen LogP contribution in [0.25, 0.3) is 0 Å². The van der Waals surface area contributed by atoms with Gasteiger partial charge in [0.05, 0.1) is 0 Å². The molecule has 0 saturated carbocycles. The van der Waals surface area contributed by atoms with E-state index in [4.69, 9.17) is 5.11 Å². The molecule has 0 aliphatic rings. The van der Waals surface area contributed by atoms with Crippen molar-refractivity contribution in [2.75, 3.05) is 19.0 Å². The molecular weight excluding hydrogens is 229 g/mol. The number of nitrogens with zero attached hydrogens (tertiary/aromatic N) is 3. The highest BCUT2D eigenvalue weighted by Crippen LogP contribution is 2.04. The molecule has 0 unspecified atom stereocenters. The number of carboxylic acid groups (broad SMARTS) is 1. The summed E-state index contributed by atoms with van der Waals surface area (Å²) in [5, 5.41) is 15.7. The van der Waals surface area contributed by atoms with Crippen molar-refractivity contribution in [3.05, 3.63) is 17.8 Å². The lowest BCUT2D eigenvalue weighted by Gasteiger charge is -2.08. The van der Waals surface area contributed by atoms with Crippen molar-refractivity contribution in [3.8, 4) is 0 Å². The Balaban J connectivity index is 0. The number of carboxylic acids is 1. The minimum atomic E-state index is -1.06. The number of rotatable bonds is 2. The van der Waals surface area contributed by atoms with Gasteiger partial charge in [0.25, 0.3) is 0 Å². The number of anilines is 1. The van der Waals surface area contributed by atoms with E-state index in [0.717, 1.165) is 0 Å². The normalized spacial score (nSPS) is 8.14. The predicted octanol–water partition coefficient (Wildman–Crippen LogP) is 1.08. The highest BCUT2D eigenvalue weighted by Gasteiger charge is 2.04. The van der Waals surface area contributed by atoms with Gasteiger partial charge in [-0.15, -0.1) is 35.0 Å². The van der Waals surface area contributed by atoms with Crippen molar-refractivity contribution in [1.29, 1.82) is 0 Å². The Kier molecular flexibility index (Phi) is 7.04. The van der Waals surface area contributed by atoms with Gasteiger partial charge in [0.15, 0.2) is 11.5 Å². The number of hydrogen-bond donors (Lipinski definition) is 1. The second-order valence-corrected chi connectivity index (χ2v) is 2.48. The zero-order chi connectivity index (χ0) is 9.14. The van der Waals surface area contributed by atoms with E-state index in [1.165, 1.54) is 6.07 Å². The van der Waals surface area contributed by atoms with Crippen molar-refractivity contribution in [2.24, 2.45) is 0 Å². The summed E-state index contributed by atoms with van der Waals surface area (Å²) >= 11 is 0. The zero-order valence-corrected chi connectivity index (χ0v) is 9.30. The van der Waals surface area contributed by atoms with Crippen LogP contribution in [0.5, 0.6) is 0 Å². The van der Waals surface area contributed by atoms with Crippen molar-refractivity contribution in [3.63, 3.8) is 0 Å². The lowest BCUT2D eigenvalue weighted by molar-refractivity contribution is 0.0689. The van der Waals surface area contributed by atoms with Gasteiger partial charge in [0.2, 0.25) is 0 Å². The van der Waals surface area contributed by atoms with Gasteiger partial charge in [-0.2, -0.15) is 0 Å². The number of hydrogen-bond acceptors (Lipinski definition) is 4. The van der Waals surface area contributed by atoms with Crippen molar-refractivity contribution >= 4 is 36.6 Å². The maximum absolute atomic E-state index is 10.4. The second kappa shape index (κ2) is 6.39. The molecule has 0 amide bonds. The van der Waals surface area contributed by atoms with E-state index < -0.39 is 5.97 Å². The molecule has 1 N–H and O–H groups in total. The number of carbonyl (C=O) groups is 1. The Morgan fingerprint density at radius 1 is 1.29 bits per heavy atom. The summed E-state index contributed by atoms with van der Waals surface area (Å²) in [5.41, 5.74) is -0.0411. The topological polar surface area (TPSA) is 66.3 Å². The van der Waals surface area contributed by atoms with E-state index in [1.54, 1.807) is 11.0 Å². The summed E-state index contributed by atoms with van der Waals surface area (Å²) in [6.45, 7) is 0. The Hall–Kier alpha value is -1.07. The first-order chi connectivity index (χ1) is 5.61. The monoisotopic (exact) mass is 239 g/mol. The summed E-state index contributed by atoms with van der Waals surface area (Å²) in [5.74, 6) is -0.423. The van der Waals surface area contributed by atoms with Crippen LogP contribution in [0.15, 0.2) is 12.1 Å². The van der Waals surface area contributed by atoms with E-state index in [-0.39, 0.29) is 30.5 Å². The molecule has 0 aliphatic carbocycles. The summed E-state index contributed by atoms with van der Waals surface area (Å²) in [6, 6.07) is 3.03. The Labute approximate surface area is 94.0 Å². The van der Waals surface area contributed by atoms with Crippen LogP contribution in [-0.4, -0.2) is 35.4 Å². The molecule has 0 radical (unpaired) electrons. The molecule has 7 heteroatoms. The van der Waals surface area contributed by atoms with Gasteiger partial charge in [-0.05, 0) is 12.1 Å². The molecule has 1 heterocycles. The fourth-order valence-electron chi connectivity index (χ4n) is 0.678. The molecule has 1 aromatic heterocycles. The largest absolute Gasteiger partial charge is 0.476 e. The van der Waals surface area contributed by atoms with Crippen molar-refractivity contribution < 1.29 is 9.90 Å². The van der Waals surface area contributed by atoms with Gasteiger partial charge in [0.1, 0.15) is 0 Å². The Bertz CT molecular complexity index is 289. The molecule has 5 nitrogen and oxygen atoms in total. The van der Waals surface area contributed by atoms with Crippen LogP contribution in [0.3, 0.4) is 0 Å². The van der Waals surface area contributed by atoms with Gasteiger partial charge >= 0.3 is 5.97 Å². The van der Waals surface area contributed by atoms with E-state index >= 15 is 0 Å². The molecule has 14 heavy (non-hydrogen) atoms. The van der Waals surface area contributed by atoms with Gasteiger partial charge in [-0.3, -0.25) is 0 Å². The fraction of sp³-hybridized carbons (Fsp3) is 0.286. The number of aromatic carboxylic acids is 1. The fourth-order valence-corrected chi connectivity index (χ4v) is 0.678. The third-order valence-corrected chi connectivity index (χ3v) is 1.33. The van der Waals surface area contributed by atoms with Crippen LogP contribution in [0.1, 0.15) is 10.5 Å². The molecule has 0 saturated heterocycles. The van der Waals surface area contributed by atoms with E-state index in [9.17, 15) is 4.79 Å². The lowest BCUT2D eigenvalue weighted by Crippen LogP contribution is -2.12. The minimum absolute atomic E-state index is 0. The first-order valence-corrected chi connectivity index (χ1v) is 3.35. The quantitative estimate of drug-likeness (QED) is 0.837. The van der Waals surface area contributed by atoms with Gasteiger partial charge in [-0.1, -0.05) is 0 Å². The number of aromatic nitrogens is 2. The first kappa shape index (κ1) is 15.4. The molecular formula is C7H11Cl2N3O2. The van der Waals surface area contributed by atoms with Crippen molar-refractivity contribution in [2.45, 2.75) is 0 Å². The molecule has 0 spiro atoms. The zero-order valence-electron chi connectivity index (χ0n) is 7.67. The maximum Gasteiger partial charge on any atom is 0.356 e. The summed E-state index contributed by atoms with van der Waals surface area (Å²) in [6.07, 6.45) is 0. The van der Waals surface area contributed by atoms with Crippen LogP contribution in [0.2, 0.25) is 0 Å². The van der Waals surface area contributed by atoms with Gasteiger partial charge in [-0.25, -0.2) is 4.79 Å². The van der Waals surface area contributed by atoms with Crippen LogP contribution in [-0.2, 0) is 0 Å². The molecule has 0 fully saturated rings. The van der Waals surface area contributed by atoms with Crippen LogP contribution in [0.4, 0.5) is 5.82 Å². The van der Waals surface area contributed by atoms with E-state index in [1.807, 2.05) is 14.1 Å². The molecule has 1 rings (SSSR count). The highest BCUT2D eigenvalue weighted by atomic mass is 35.5. The van der Waals surface area contributed by atoms with Crippen LogP contribution < -0.4 is 4.90 Å². The predicted molar refractivity (Wildman–Crippen MR) is 57.8 cm³/mol. The van der Waals surface area contributed by atoms with Crippen LogP contribution >= 0.6 is 24.8 Å². The molecule has 0 aliphatic heterocycles. The maximum atomic E-state index is 10.4. The van der Waals surface area contributed by atoms with Gasteiger partial charge in [0, 0.05) is 14.1 Å². The third kappa shape index (κ3) is 3.76. The SMILES string of the molecule is CN(C)c1ccc(C(=O)O)nn1.Cl.Cl. The molecule has 0 atom stereocenters. The van der Waals surface area contributed by atoms with Crippen LogP contribution in [0, 0.1) is 0 Å². The molecule has 1 aromatic rings. The van der Waals surface area contributed by atoms with Crippen molar-refractivity contribution in [1.82, 2.24) is 10.2 Å². The third-order valence-electron chi connectivity index (χ3n) is 1.33. The average Bonchev–Trinajstić information content (AvgIpc) is 2.04. The van der Waals surface area contributed by atoms with Gasteiger partial charge < -0.3 is 10.0 Å². The second-order valence-electron chi connectivity index (χ2n) is 2.48. The standard InChI is InChI=1S/C7H9N3O2.2ClH/c1-10(2)6-4-3-5(7(11)12)8-9-6;;/h3-4H,1-2H3,(H,11,12);2*1H. The Morgan fingerprint density at radius 3 is 2.14 bits per heavy atom. The molecule has 80 valence electrons. The summed E-state index contributed by atoms with van der Waals surface area (Å²) < 4.78 is 0. The first-order valence-electron chi connectivity index (χ1n) is 3.35. The number of halogens is 2. The van der Waals surface area contributed by atoms with E-state index in [0.29, 0.717) is 5.82 Å². The summed E-state index contributed by atoms with van der Waals surface area (Å²) in [4.78, 5) is 12.1. The average molecular weight is 240 g/mol. The Morgan fingerprint density at radius 2 is 1.86 bits per heavy atom. The summed E-state index contributed by atoms with van der Waals surface area (Å²) in [7, 11) is 3.62. The molecule has 0 bridgehead atoms.